The minimum Gasteiger partial charge on any atom is -0.315 e. The van der Waals surface area contributed by atoms with Gasteiger partial charge in [0.25, 0.3) is 0 Å². The Morgan fingerprint density at radius 3 is 2.25 bits per heavy atom. The van der Waals surface area contributed by atoms with Crippen molar-refractivity contribution in [2.75, 3.05) is 13.1 Å². The average Bonchev–Trinajstić information content (AvgIpc) is 2.05. The van der Waals surface area contributed by atoms with Crippen LogP contribution in [-0.4, -0.2) is 29.6 Å². The first kappa shape index (κ1) is 9.57. The predicted molar refractivity (Wildman–Crippen MR) is 51.7 cm³/mol. The Labute approximate surface area is 75.1 Å². The molecule has 68 valence electrons. The van der Waals surface area contributed by atoms with E-state index in [1.165, 1.54) is 0 Å². The Hall–Kier alpha value is -0.520. The van der Waals surface area contributed by atoms with Gasteiger partial charge in [-0.3, -0.25) is 0 Å². The van der Waals surface area contributed by atoms with Crippen LogP contribution in [0.25, 0.3) is 0 Å². The van der Waals surface area contributed by atoms with Crippen molar-refractivity contribution in [3.63, 3.8) is 0 Å². The summed E-state index contributed by atoms with van der Waals surface area (Å²) in [5, 5.41) is 0. The maximum atomic E-state index is 5.96. The molecule has 0 aromatic carbocycles. The first-order valence-electron chi connectivity index (χ1n) is 4.58. The summed E-state index contributed by atoms with van der Waals surface area (Å²) in [6.45, 7) is 6.50. The van der Waals surface area contributed by atoms with Crippen molar-refractivity contribution in [1.29, 1.82) is 0 Å². The number of nitrogens with two attached hydrogens (primary N) is 1. The lowest BCUT2D eigenvalue weighted by atomic mass is 9.89. The van der Waals surface area contributed by atoms with E-state index >= 15 is 0 Å². The van der Waals surface area contributed by atoms with E-state index in [0.29, 0.717) is 6.04 Å². The first-order valence-corrected chi connectivity index (χ1v) is 4.58. The van der Waals surface area contributed by atoms with E-state index in [-0.39, 0.29) is 5.54 Å². The molecule has 0 radical (unpaired) electrons. The van der Waals surface area contributed by atoms with E-state index in [1.807, 2.05) is 0 Å². The summed E-state index contributed by atoms with van der Waals surface area (Å²) >= 11 is 0. The lowest BCUT2D eigenvalue weighted by Crippen LogP contribution is -2.51. The van der Waals surface area contributed by atoms with Gasteiger partial charge in [-0.25, -0.2) is 0 Å². The van der Waals surface area contributed by atoms with Crippen LogP contribution in [0.2, 0.25) is 0 Å². The van der Waals surface area contributed by atoms with E-state index in [0.717, 1.165) is 25.9 Å². The number of hydrogen-bond acceptors (Lipinski definition) is 2. The second-order valence-electron chi connectivity index (χ2n) is 3.93. The van der Waals surface area contributed by atoms with Crippen molar-refractivity contribution < 1.29 is 0 Å². The zero-order chi connectivity index (χ0) is 9.19. The maximum absolute atomic E-state index is 5.96. The van der Waals surface area contributed by atoms with E-state index in [9.17, 15) is 0 Å². The lowest BCUT2D eigenvalue weighted by Gasteiger charge is -2.37. The fraction of sp³-hybridized carbons (Fsp3) is 0.800. The summed E-state index contributed by atoms with van der Waals surface area (Å²) in [4.78, 5) is 2.42. The van der Waals surface area contributed by atoms with Gasteiger partial charge < -0.3 is 10.6 Å². The third-order valence-electron chi connectivity index (χ3n) is 2.71. The summed E-state index contributed by atoms with van der Waals surface area (Å²) < 4.78 is 0. The van der Waals surface area contributed by atoms with Crippen LogP contribution in [0.15, 0.2) is 0 Å². The van der Waals surface area contributed by atoms with Crippen LogP contribution in [0.3, 0.4) is 0 Å². The summed E-state index contributed by atoms with van der Waals surface area (Å²) in [7, 11) is 0. The van der Waals surface area contributed by atoms with Crippen LogP contribution in [0.5, 0.6) is 0 Å². The molecule has 12 heavy (non-hydrogen) atoms. The molecule has 1 fully saturated rings. The summed E-state index contributed by atoms with van der Waals surface area (Å²) in [6, 6.07) is 0.618. The fourth-order valence-corrected chi connectivity index (χ4v) is 1.58. The molecule has 2 nitrogen and oxygen atoms in total. The van der Waals surface area contributed by atoms with E-state index in [2.05, 4.69) is 24.7 Å². The molecule has 0 unspecified atom stereocenters. The smallest absolute Gasteiger partial charge is 0.0797 e. The largest absolute Gasteiger partial charge is 0.315 e. The van der Waals surface area contributed by atoms with Gasteiger partial charge in [0.1, 0.15) is 0 Å². The molecule has 0 saturated carbocycles. The zero-order valence-corrected chi connectivity index (χ0v) is 8.01. The highest BCUT2D eigenvalue weighted by atomic mass is 15.2. The number of likely N-dealkylation sites (tertiary alicyclic amines) is 1. The van der Waals surface area contributed by atoms with Gasteiger partial charge in [-0.2, -0.15) is 0 Å². The van der Waals surface area contributed by atoms with Crippen LogP contribution in [-0.2, 0) is 0 Å². The van der Waals surface area contributed by atoms with Crippen LogP contribution < -0.4 is 5.73 Å². The van der Waals surface area contributed by atoms with E-state index < -0.39 is 0 Å². The molecular formula is C10H18N2. The fourth-order valence-electron chi connectivity index (χ4n) is 1.58. The van der Waals surface area contributed by atoms with Gasteiger partial charge in [-0.1, -0.05) is 5.92 Å². The molecule has 0 bridgehead atoms. The highest BCUT2D eigenvalue weighted by Gasteiger charge is 2.29. The third-order valence-corrected chi connectivity index (χ3v) is 2.71. The molecule has 1 rings (SSSR count). The van der Waals surface area contributed by atoms with Crippen molar-refractivity contribution in [3.05, 3.63) is 0 Å². The normalized spacial score (nSPS) is 23.9. The average molecular weight is 166 g/mol. The molecule has 2 N–H and O–H groups in total. The molecule has 0 atom stereocenters. The van der Waals surface area contributed by atoms with Crippen molar-refractivity contribution in [3.8, 4) is 12.3 Å². The second kappa shape index (κ2) is 3.47. The number of rotatable bonds is 1. The second-order valence-corrected chi connectivity index (χ2v) is 3.93. The molecular weight excluding hydrogens is 148 g/mol. The van der Waals surface area contributed by atoms with Gasteiger partial charge in [-0.05, 0) is 26.7 Å². The van der Waals surface area contributed by atoms with Crippen LogP contribution in [0, 0.1) is 12.3 Å². The number of nitrogens with zero attached hydrogens (tertiary/aromatic N) is 1. The molecule has 1 aliphatic heterocycles. The quantitative estimate of drug-likeness (QED) is 0.584. The van der Waals surface area contributed by atoms with Crippen molar-refractivity contribution in [2.24, 2.45) is 5.73 Å². The molecule has 0 aromatic rings. The van der Waals surface area contributed by atoms with E-state index in [4.69, 9.17) is 12.2 Å². The van der Waals surface area contributed by atoms with Gasteiger partial charge >= 0.3 is 0 Å². The Balaban J connectivity index is 2.46. The maximum Gasteiger partial charge on any atom is 0.0797 e. The highest BCUT2D eigenvalue weighted by Crippen LogP contribution is 2.19. The van der Waals surface area contributed by atoms with Gasteiger partial charge in [0.15, 0.2) is 0 Å². The van der Waals surface area contributed by atoms with Gasteiger partial charge in [0.05, 0.1) is 5.54 Å². The van der Waals surface area contributed by atoms with Gasteiger partial charge in [0.2, 0.25) is 0 Å². The standard InChI is InChI=1S/C10H18N2/c1-4-10(11)5-7-12(8-6-10)9(2)3/h1,9H,5-8,11H2,2-3H3. The Kier molecular flexibility index (Phi) is 2.76. The van der Waals surface area contributed by atoms with Gasteiger partial charge in [-0.15, -0.1) is 6.42 Å². The van der Waals surface area contributed by atoms with Crippen LogP contribution in [0.4, 0.5) is 0 Å². The van der Waals surface area contributed by atoms with Crippen molar-refractivity contribution >= 4 is 0 Å². The third kappa shape index (κ3) is 2.00. The highest BCUT2D eigenvalue weighted by molar-refractivity contribution is 5.13. The van der Waals surface area contributed by atoms with E-state index in [1.54, 1.807) is 0 Å². The Morgan fingerprint density at radius 1 is 1.42 bits per heavy atom. The SMILES string of the molecule is C#CC1(N)CCN(C(C)C)CC1. The minimum atomic E-state index is -0.328. The molecule has 0 spiro atoms. The summed E-state index contributed by atoms with van der Waals surface area (Å²) in [5.41, 5.74) is 5.63. The molecule has 0 amide bonds. The number of hydrogen-bond donors (Lipinski definition) is 1. The molecule has 1 heterocycles. The summed E-state index contributed by atoms with van der Waals surface area (Å²) in [5.74, 6) is 2.69. The predicted octanol–water partition coefficient (Wildman–Crippen LogP) is 0.821. The lowest BCUT2D eigenvalue weighted by molar-refractivity contribution is 0.154. The number of terminal acetylenes is 1. The van der Waals surface area contributed by atoms with Crippen molar-refractivity contribution in [2.45, 2.75) is 38.3 Å². The van der Waals surface area contributed by atoms with Crippen LogP contribution >= 0.6 is 0 Å². The Bertz CT molecular complexity index is 183. The molecule has 0 aromatic heterocycles. The van der Waals surface area contributed by atoms with Crippen LogP contribution in [0.1, 0.15) is 26.7 Å². The molecule has 1 aliphatic rings. The topological polar surface area (TPSA) is 29.3 Å². The zero-order valence-electron chi connectivity index (χ0n) is 8.01. The minimum absolute atomic E-state index is 0.328. The number of piperidine rings is 1. The summed E-state index contributed by atoms with van der Waals surface area (Å²) in [6.07, 6.45) is 7.23. The monoisotopic (exact) mass is 166 g/mol. The Morgan fingerprint density at radius 2 is 1.92 bits per heavy atom. The molecule has 1 saturated heterocycles. The van der Waals surface area contributed by atoms with Gasteiger partial charge in [0, 0.05) is 19.1 Å². The molecule has 0 aliphatic carbocycles. The molecule has 2 heteroatoms. The first-order chi connectivity index (χ1) is 5.57. The van der Waals surface area contributed by atoms with Crippen molar-refractivity contribution in [1.82, 2.24) is 4.90 Å².